The van der Waals surface area contributed by atoms with Crippen LogP contribution in [0.15, 0.2) is 84.1 Å². The van der Waals surface area contributed by atoms with Crippen molar-refractivity contribution < 1.29 is 19.1 Å². The number of hydrogen-bond donors (Lipinski definition) is 0. The van der Waals surface area contributed by atoms with E-state index in [-0.39, 0.29) is 30.1 Å². The Kier molecular flexibility index (Phi) is 7.74. The number of rotatable bonds is 6. The number of allylic oxidation sites excluding steroid dienone is 1. The lowest BCUT2D eigenvalue weighted by molar-refractivity contribution is -0.132. The van der Waals surface area contributed by atoms with E-state index in [0.717, 1.165) is 47.1 Å². The highest BCUT2D eigenvalue weighted by molar-refractivity contribution is 6.05. The molecule has 7 heteroatoms. The first kappa shape index (κ1) is 27.2. The van der Waals surface area contributed by atoms with Gasteiger partial charge in [-0.3, -0.25) is 14.4 Å². The Hall–Kier alpha value is -4.39. The Morgan fingerprint density at radius 3 is 2.12 bits per heavy atom. The monoisotopic (exact) mass is 537 g/mol. The summed E-state index contributed by atoms with van der Waals surface area (Å²) in [5.41, 5.74) is 6.34. The van der Waals surface area contributed by atoms with Gasteiger partial charge in [-0.2, -0.15) is 0 Å². The van der Waals surface area contributed by atoms with Gasteiger partial charge in [0.1, 0.15) is 5.75 Å². The van der Waals surface area contributed by atoms with Crippen LogP contribution in [-0.4, -0.2) is 37.3 Å². The SMILES string of the molecule is CCN(CC)c1ccc(N2C3=C(CN(C(C)=O)c4ccccc42)C(=O)CC(c2ccc(OC(C)=O)cc2)C3)cc1. The second kappa shape index (κ2) is 11.4. The Morgan fingerprint density at radius 1 is 0.875 bits per heavy atom. The number of amides is 1. The molecule has 7 nitrogen and oxygen atoms in total. The number of ketones is 1. The number of nitrogens with zero attached hydrogens (tertiary/aromatic N) is 3. The summed E-state index contributed by atoms with van der Waals surface area (Å²) in [6.45, 7) is 9.28. The smallest absolute Gasteiger partial charge is 0.308 e. The van der Waals surface area contributed by atoms with Crippen LogP contribution in [-0.2, 0) is 14.4 Å². The van der Waals surface area contributed by atoms with Crippen LogP contribution >= 0.6 is 0 Å². The molecule has 0 N–H and O–H groups in total. The zero-order valence-corrected chi connectivity index (χ0v) is 23.5. The van der Waals surface area contributed by atoms with E-state index < -0.39 is 0 Å². The molecule has 1 unspecified atom stereocenters. The molecular formula is C33H35N3O4. The standard InChI is InChI=1S/C33H35N3O4/c1-5-34(6-2)26-13-15-27(16-14-26)36-31-10-8-7-9-30(31)35(22(3)37)21-29-32(36)19-25(20-33(29)39)24-11-17-28(18-12-24)40-23(4)38/h7-18,25H,5-6,19-21H2,1-4H3. The van der Waals surface area contributed by atoms with Crippen molar-refractivity contribution in [2.75, 3.05) is 34.3 Å². The molecule has 3 aromatic rings. The van der Waals surface area contributed by atoms with Crippen molar-refractivity contribution in [2.24, 2.45) is 0 Å². The minimum absolute atomic E-state index is 0.0409. The zero-order valence-electron chi connectivity index (χ0n) is 23.5. The molecule has 2 aliphatic rings. The van der Waals surface area contributed by atoms with Crippen molar-refractivity contribution in [3.8, 4) is 5.75 Å². The number of ether oxygens (including phenoxy) is 1. The predicted octanol–water partition coefficient (Wildman–Crippen LogP) is 6.36. The Labute approximate surface area is 235 Å². The Bertz CT molecular complexity index is 1460. The van der Waals surface area contributed by atoms with Crippen LogP contribution in [0.1, 0.15) is 52.0 Å². The van der Waals surface area contributed by atoms with Gasteiger partial charge in [0.25, 0.3) is 0 Å². The minimum Gasteiger partial charge on any atom is -0.427 e. The van der Waals surface area contributed by atoms with E-state index >= 15 is 0 Å². The van der Waals surface area contributed by atoms with E-state index in [1.165, 1.54) is 6.92 Å². The van der Waals surface area contributed by atoms with E-state index in [2.05, 4.69) is 47.9 Å². The molecule has 0 bridgehead atoms. The lowest BCUT2D eigenvalue weighted by Crippen LogP contribution is -2.34. The average molecular weight is 538 g/mol. The third kappa shape index (κ3) is 5.24. The van der Waals surface area contributed by atoms with E-state index in [9.17, 15) is 14.4 Å². The van der Waals surface area contributed by atoms with Crippen molar-refractivity contribution in [1.82, 2.24) is 0 Å². The molecule has 0 saturated carbocycles. The summed E-state index contributed by atoms with van der Waals surface area (Å²) in [6.07, 6.45) is 0.981. The molecule has 0 spiro atoms. The number of carbonyl (C=O) groups is 3. The fourth-order valence-electron chi connectivity index (χ4n) is 5.80. The van der Waals surface area contributed by atoms with Crippen molar-refractivity contribution in [1.29, 1.82) is 0 Å². The summed E-state index contributed by atoms with van der Waals surface area (Å²) >= 11 is 0. The first-order valence-corrected chi connectivity index (χ1v) is 13.9. The van der Waals surface area contributed by atoms with Gasteiger partial charge in [0.15, 0.2) is 5.78 Å². The molecule has 0 radical (unpaired) electrons. The number of Topliss-reactive ketones (excluding diaryl/α,β-unsaturated/α-hetero) is 1. The van der Waals surface area contributed by atoms with Gasteiger partial charge in [0.05, 0.1) is 17.9 Å². The second-order valence-corrected chi connectivity index (χ2v) is 10.2. The third-order valence-corrected chi connectivity index (χ3v) is 7.79. The molecule has 1 atom stereocenters. The highest BCUT2D eigenvalue weighted by Gasteiger charge is 2.37. The van der Waals surface area contributed by atoms with Crippen molar-refractivity contribution in [3.63, 3.8) is 0 Å². The maximum Gasteiger partial charge on any atom is 0.308 e. The van der Waals surface area contributed by atoms with Crippen LogP contribution in [0.3, 0.4) is 0 Å². The molecule has 5 rings (SSSR count). The molecule has 3 aromatic carbocycles. The van der Waals surface area contributed by atoms with Crippen LogP contribution in [0.2, 0.25) is 0 Å². The van der Waals surface area contributed by atoms with Gasteiger partial charge in [-0.1, -0.05) is 24.3 Å². The molecule has 0 saturated heterocycles. The number of hydrogen-bond acceptors (Lipinski definition) is 6. The fourth-order valence-corrected chi connectivity index (χ4v) is 5.80. The number of fused-ring (bicyclic) bond motifs is 1. The highest BCUT2D eigenvalue weighted by atomic mass is 16.5. The first-order valence-electron chi connectivity index (χ1n) is 13.9. The molecule has 0 aromatic heterocycles. The molecule has 206 valence electrons. The van der Waals surface area contributed by atoms with E-state index in [0.29, 0.717) is 24.2 Å². The number of para-hydroxylation sites is 2. The van der Waals surface area contributed by atoms with Gasteiger partial charge in [0.2, 0.25) is 5.91 Å². The fraction of sp³-hybridized carbons (Fsp3) is 0.303. The lowest BCUT2D eigenvalue weighted by atomic mass is 9.81. The molecule has 1 amide bonds. The van der Waals surface area contributed by atoms with Crippen molar-refractivity contribution >= 4 is 40.4 Å². The number of anilines is 4. The summed E-state index contributed by atoms with van der Waals surface area (Å²) in [5.74, 6) is -0.00171. The number of esters is 1. The largest absolute Gasteiger partial charge is 0.427 e. The van der Waals surface area contributed by atoms with Gasteiger partial charge in [-0.15, -0.1) is 0 Å². The third-order valence-electron chi connectivity index (χ3n) is 7.79. The number of benzene rings is 3. The predicted molar refractivity (Wildman–Crippen MR) is 158 cm³/mol. The van der Waals surface area contributed by atoms with Crippen molar-refractivity contribution in [2.45, 2.75) is 46.5 Å². The lowest BCUT2D eigenvalue weighted by Gasteiger charge is -2.34. The molecular weight excluding hydrogens is 502 g/mol. The summed E-state index contributed by atoms with van der Waals surface area (Å²) < 4.78 is 5.21. The highest BCUT2D eigenvalue weighted by Crippen LogP contribution is 2.47. The summed E-state index contributed by atoms with van der Waals surface area (Å²) in [6, 6.07) is 23.7. The molecule has 1 heterocycles. The molecule has 0 fully saturated rings. The van der Waals surface area contributed by atoms with Crippen LogP contribution in [0.25, 0.3) is 0 Å². The van der Waals surface area contributed by atoms with Gasteiger partial charge in [0, 0.05) is 56.0 Å². The normalized spacial score (nSPS) is 16.7. The summed E-state index contributed by atoms with van der Waals surface area (Å²) in [4.78, 5) is 44.2. The molecule has 1 aliphatic carbocycles. The summed E-state index contributed by atoms with van der Waals surface area (Å²) in [7, 11) is 0. The zero-order chi connectivity index (χ0) is 28.4. The quantitative estimate of drug-likeness (QED) is 0.269. The van der Waals surface area contributed by atoms with Crippen LogP contribution < -0.4 is 19.4 Å². The maximum atomic E-state index is 13.8. The minimum atomic E-state index is -0.370. The van der Waals surface area contributed by atoms with Crippen molar-refractivity contribution in [3.05, 3.63) is 89.6 Å². The number of carbonyl (C=O) groups excluding carboxylic acids is 3. The molecule has 40 heavy (non-hydrogen) atoms. The topological polar surface area (TPSA) is 70.2 Å². The maximum absolute atomic E-state index is 13.8. The average Bonchev–Trinajstić information content (AvgIpc) is 3.09. The van der Waals surface area contributed by atoms with Gasteiger partial charge in [-0.25, -0.2) is 0 Å². The van der Waals surface area contributed by atoms with Gasteiger partial charge < -0.3 is 19.4 Å². The first-order chi connectivity index (χ1) is 19.3. The van der Waals surface area contributed by atoms with Gasteiger partial charge >= 0.3 is 5.97 Å². The van der Waals surface area contributed by atoms with Crippen LogP contribution in [0.5, 0.6) is 5.75 Å². The Morgan fingerprint density at radius 2 is 1.52 bits per heavy atom. The summed E-state index contributed by atoms with van der Waals surface area (Å²) in [5, 5.41) is 0. The van der Waals surface area contributed by atoms with Crippen LogP contribution in [0, 0.1) is 0 Å². The van der Waals surface area contributed by atoms with E-state index in [1.807, 2.05) is 36.4 Å². The van der Waals surface area contributed by atoms with Gasteiger partial charge in [-0.05, 0) is 80.3 Å². The second-order valence-electron chi connectivity index (χ2n) is 10.2. The van der Waals surface area contributed by atoms with Crippen LogP contribution in [0.4, 0.5) is 22.7 Å². The van der Waals surface area contributed by atoms with E-state index in [4.69, 9.17) is 4.74 Å². The Balaban J connectivity index is 1.61. The molecule has 1 aliphatic heterocycles. The van der Waals surface area contributed by atoms with E-state index in [1.54, 1.807) is 24.0 Å².